The lowest BCUT2D eigenvalue weighted by Gasteiger charge is -2.12. The average molecular weight is 338 g/mol. The maximum absolute atomic E-state index is 5.34. The lowest BCUT2D eigenvalue weighted by atomic mass is 10.2. The maximum atomic E-state index is 5.34. The smallest absolute Gasteiger partial charge is 0.135 e. The number of benzene rings is 1. The van der Waals surface area contributed by atoms with Crippen LogP contribution in [-0.2, 0) is 6.54 Å². The Hall–Kier alpha value is -1.33. The number of nitrogens with one attached hydrogen (secondary N) is 1. The molecule has 0 atom stereocenters. The number of halogens is 1. The highest BCUT2D eigenvalue weighted by Gasteiger charge is 2.07. The normalized spacial score (nSPS) is 11.1. The van der Waals surface area contributed by atoms with Crippen LogP contribution >= 0.6 is 15.9 Å². The number of imidazole rings is 1. The summed E-state index contributed by atoms with van der Waals surface area (Å²) < 4.78 is 8.36. The van der Waals surface area contributed by atoms with E-state index in [1.807, 2.05) is 30.7 Å². The molecule has 0 amide bonds. The standard InChI is InChI=1S/C15H20BrN3O/c1-11(2)7-17-8-13-9-18-10-19(13)12-4-5-14(16)15(6-12)20-3/h4-6,9-11,17H,7-8H2,1-3H3. The monoisotopic (exact) mass is 337 g/mol. The first-order valence-electron chi connectivity index (χ1n) is 6.67. The second-order valence-electron chi connectivity index (χ2n) is 5.10. The van der Waals surface area contributed by atoms with Crippen molar-refractivity contribution in [2.45, 2.75) is 20.4 Å². The minimum atomic E-state index is 0.638. The van der Waals surface area contributed by atoms with Gasteiger partial charge in [-0.25, -0.2) is 4.98 Å². The van der Waals surface area contributed by atoms with Crippen LogP contribution in [0.25, 0.3) is 5.69 Å². The van der Waals surface area contributed by atoms with Crippen molar-refractivity contribution in [3.05, 3.63) is 40.9 Å². The lowest BCUT2D eigenvalue weighted by Crippen LogP contribution is -2.20. The van der Waals surface area contributed by atoms with Crippen LogP contribution in [0.2, 0.25) is 0 Å². The number of hydrogen-bond acceptors (Lipinski definition) is 3. The molecule has 1 aromatic heterocycles. The summed E-state index contributed by atoms with van der Waals surface area (Å²) in [5.74, 6) is 1.46. The van der Waals surface area contributed by atoms with Crippen LogP contribution in [-0.4, -0.2) is 23.2 Å². The number of rotatable bonds is 6. The van der Waals surface area contributed by atoms with E-state index in [0.29, 0.717) is 5.92 Å². The Labute approximate surface area is 128 Å². The summed E-state index contributed by atoms with van der Waals surface area (Å²) in [5, 5.41) is 3.44. The zero-order chi connectivity index (χ0) is 14.5. The van der Waals surface area contributed by atoms with Crippen LogP contribution in [0.3, 0.4) is 0 Å². The van der Waals surface area contributed by atoms with Gasteiger partial charge in [0.2, 0.25) is 0 Å². The molecule has 0 bridgehead atoms. The Morgan fingerprint density at radius 3 is 2.90 bits per heavy atom. The third-order valence-corrected chi connectivity index (χ3v) is 3.64. The van der Waals surface area contributed by atoms with Gasteiger partial charge in [-0.15, -0.1) is 0 Å². The number of ether oxygens (including phenoxy) is 1. The summed E-state index contributed by atoms with van der Waals surface area (Å²) in [6.07, 6.45) is 3.72. The molecule has 20 heavy (non-hydrogen) atoms. The molecule has 0 aliphatic carbocycles. The van der Waals surface area contributed by atoms with Gasteiger partial charge in [0, 0.05) is 18.8 Å². The summed E-state index contributed by atoms with van der Waals surface area (Å²) >= 11 is 3.47. The number of nitrogens with zero attached hydrogens (tertiary/aromatic N) is 2. The topological polar surface area (TPSA) is 39.1 Å². The molecule has 2 rings (SSSR count). The summed E-state index contributed by atoms with van der Waals surface area (Å²) in [6.45, 7) is 6.19. The van der Waals surface area contributed by atoms with Crippen LogP contribution < -0.4 is 10.1 Å². The molecular formula is C15H20BrN3O. The fraction of sp³-hybridized carbons (Fsp3) is 0.400. The zero-order valence-corrected chi connectivity index (χ0v) is 13.6. The van der Waals surface area contributed by atoms with Gasteiger partial charge < -0.3 is 14.6 Å². The van der Waals surface area contributed by atoms with Crippen molar-refractivity contribution < 1.29 is 4.74 Å². The summed E-state index contributed by atoms with van der Waals surface area (Å²) in [4.78, 5) is 4.24. The molecule has 1 N–H and O–H groups in total. The minimum Gasteiger partial charge on any atom is -0.495 e. The molecule has 1 aromatic carbocycles. The molecule has 0 unspecified atom stereocenters. The van der Waals surface area contributed by atoms with E-state index in [4.69, 9.17) is 4.74 Å². The molecule has 108 valence electrons. The first-order chi connectivity index (χ1) is 9.61. The van der Waals surface area contributed by atoms with Gasteiger partial charge in [0.1, 0.15) is 5.75 Å². The lowest BCUT2D eigenvalue weighted by molar-refractivity contribution is 0.412. The molecule has 0 aliphatic rings. The van der Waals surface area contributed by atoms with E-state index in [-0.39, 0.29) is 0 Å². The maximum Gasteiger partial charge on any atom is 0.135 e. The van der Waals surface area contributed by atoms with Gasteiger partial charge in [-0.1, -0.05) is 13.8 Å². The van der Waals surface area contributed by atoms with Crippen molar-refractivity contribution >= 4 is 15.9 Å². The van der Waals surface area contributed by atoms with Gasteiger partial charge in [0.25, 0.3) is 0 Å². The number of hydrogen-bond donors (Lipinski definition) is 1. The molecule has 4 nitrogen and oxygen atoms in total. The molecule has 1 heterocycles. The third kappa shape index (κ3) is 3.61. The highest BCUT2D eigenvalue weighted by molar-refractivity contribution is 9.10. The van der Waals surface area contributed by atoms with Gasteiger partial charge in [-0.3, -0.25) is 0 Å². The minimum absolute atomic E-state index is 0.638. The molecular weight excluding hydrogens is 318 g/mol. The second kappa shape index (κ2) is 6.90. The van der Waals surface area contributed by atoms with Crippen molar-refractivity contribution in [1.82, 2.24) is 14.9 Å². The van der Waals surface area contributed by atoms with E-state index in [0.717, 1.165) is 34.7 Å². The molecule has 2 aromatic rings. The number of methoxy groups -OCH3 is 1. The van der Waals surface area contributed by atoms with Gasteiger partial charge in [-0.2, -0.15) is 0 Å². The quantitative estimate of drug-likeness (QED) is 0.878. The highest BCUT2D eigenvalue weighted by Crippen LogP contribution is 2.27. The Bertz CT molecular complexity index is 566. The summed E-state index contributed by atoms with van der Waals surface area (Å²) in [5.41, 5.74) is 2.18. The first kappa shape index (κ1) is 15.1. The largest absolute Gasteiger partial charge is 0.495 e. The van der Waals surface area contributed by atoms with Crippen LogP contribution in [0.15, 0.2) is 35.2 Å². The van der Waals surface area contributed by atoms with Gasteiger partial charge >= 0.3 is 0 Å². The second-order valence-corrected chi connectivity index (χ2v) is 5.95. The third-order valence-electron chi connectivity index (χ3n) is 2.99. The van der Waals surface area contributed by atoms with Crippen molar-refractivity contribution in [1.29, 1.82) is 0 Å². The predicted octanol–water partition coefficient (Wildman–Crippen LogP) is 3.39. The molecule has 0 saturated heterocycles. The molecule has 0 radical (unpaired) electrons. The van der Waals surface area contributed by atoms with Gasteiger partial charge in [0.15, 0.2) is 0 Å². The SMILES string of the molecule is COc1cc(-n2cncc2CNCC(C)C)ccc1Br. The van der Waals surface area contributed by atoms with E-state index in [1.165, 1.54) is 0 Å². The first-order valence-corrected chi connectivity index (χ1v) is 7.47. The van der Waals surface area contributed by atoms with E-state index >= 15 is 0 Å². The fourth-order valence-electron chi connectivity index (χ4n) is 1.97. The Balaban J connectivity index is 2.19. The van der Waals surface area contributed by atoms with Crippen LogP contribution in [0.5, 0.6) is 5.75 Å². The Morgan fingerprint density at radius 1 is 1.40 bits per heavy atom. The van der Waals surface area contributed by atoms with Gasteiger partial charge in [-0.05, 0) is 40.5 Å². The Morgan fingerprint density at radius 2 is 2.20 bits per heavy atom. The van der Waals surface area contributed by atoms with Crippen LogP contribution in [0, 0.1) is 5.92 Å². The molecule has 0 spiro atoms. The zero-order valence-electron chi connectivity index (χ0n) is 12.1. The fourth-order valence-corrected chi connectivity index (χ4v) is 2.38. The van der Waals surface area contributed by atoms with Crippen molar-refractivity contribution in [3.63, 3.8) is 0 Å². The molecule has 0 aliphatic heterocycles. The summed E-state index contributed by atoms with van der Waals surface area (Å²) in [7, 11) is 1.67. The Kier molecular flexibility index (Phi) is 5.20. The highest BCUT2D eigenvalue weighted by atomic mass is 79.9. The van der Waals surface area contributed by atoms with E-state index in [9.17, 15) is 0 Å². The molecule has 5 heteroatoms. The number of aromatic nitrogens is 2. The van der Waals surface area contributed by atoms with Crippen LogP contribution in [0.1, 0.15) is 19.5 Å². The average Bonchev–Trinajstić information content (AvgIpc) is 2.87. The van der Waals surface area contributed by atoms with Crippen LogP contribution in [0.4, 0.5) is 0 Å². The van der Waals surface area contributed by atoms with Crippen molar-refractivity contribution in [3.8, 4) is 11.4 Å². The molecule has 0 fully saturated rings. The van der Waals surface area contributed by atoms with E-state index in [1.54, 1.807) is 7.11 Å². The van der Waals surface area contributed by atoms with Crippen molar-refractivity contribution in [2.75, 3.05) is 13.7 Å². The van der Waals surface area contributed by atoms with Gasteiger partial charge in [0.05, 0.1) is 29.3 Å². The van der Waals surface area contributed by atoms with E-state index < -0.39 is 0 Å². The molecule has 0 saturated carbocycles. The summed E-state index contributed by atoms with van der Waals surface area (Å²) in [6, 6.07) is 6.03. The predicted molar refractivity (Wildman–Crippen MR) is 84.4 cm³/mol. The van der Waals surface area contributed by atoms with E-state index in [2.05, 4.69) is 44.6 Å². The van der Waals surface area contributed by atoms with Crippen molar-refractivity contribution in [2.24, 2.45) is 5.92 Å².